The summed E-state index contributed by atoms with van der Waals surface area (Å²) < 4.78 is 34.5. The molecule has 2 N–H and O–H groups in total. The number of hydrogen-bond acceptors (Lipinski definition) is 6. The first-order chi connectivity index (χ1) is 12.3. The maximum Gasteiger partial charge on any atom is 0.243 e. The van der Waals surface area contributed by atoms with Gasteiger partial charge in [-0.05, 0) is 43.3 Å². The third kappa shape index (κ3) is 5.13. The Bertz CT molecular complexity index is 864. The van der Waals surface area contributed by atoms with Crippen molar-refractivity contribution < 1.29 is 22.7 Å². The summed E-state index contributed by atoms with van der Waals surface area (Å²) in [6.07, 6.45) is 1.09. The Morgan fingerprint density at radius 2 is 1.81 bits per heavy atom. The summed E-state index contributed by atoms with van der Waals surface area (Å²) in [5.41, 5.74) is 0.933. The minimum atomic E-state index is -3.53. The summed E-state index contributed by atoms with van der Waals surface area (Å²) in [5, 5.41) is 5.58. The maximum absolute atomic E-state index is 12.1. The van der Waals surface area contributed by atoms with E-state index in [4.69, 9.17) is 9.47 Å². The molecule has 0 saturated heterocycles. The third-order valence-corrected chi connectivity index (χ3v) is 4.62. The normalized spacial score (nSPS) is 10.9. The van der Waals surface area contributed by atoms with Crippen LogP contribution in [0, 0.1) is 0 Å². The summed E-state index contributed by atoms with van der Waals surface area (Å²) >= 11 is 0. The van der Waals surface area contributed by atoms with Crippen LogP contribution in [0.5, 0.6) is 11.5 Å². The number of benzene rings is 2. The Morgan fingerprint density at radius 3 is 2.38 bits per heavy atom. The Morgan fingerprint density at radius 1 is 1.12 bits per heavy atom. The van der Waals surface area contributed by atoms with Crippen molar-refractivity contribution in [2.24, 2.45) is 0 Å². The lowest BCUT2D eigenvalue weighted by molar-refractivity contribution is -0.114. The minimum absolute atomic E-state index is 0.0244. The number of carbonyl (C=O) groups is 1. The molecule has 0 bridgehead atoms. The molecular formula is C18H22N2O5S. The lowest BCUT2D eigenvalue weighted by Crippen LogP contribution is -2.22. The van der Waals surface area contributed by atoms with Crippen LogP contribution in [0.4, 0.5) is 11.4 Å². The van der Waals surface area contributed by atoms with Crippen LogP contribution in [-0.4, -0.2) is 40.8 Å². The molecule has 0 aliphatic carbocycles. The molecule has 26 heavy (non-hydrogen) atoms. The number of hydrogen-bond donors (Lipinski definition) is 2. The molecule has 0 spiro atoms. The second kappa shape index (κ2) is 8.57. The van der Waals surface area contributed by atoms with Crippen molar-refractivity contribution in [3.63, 3.8) is 0 Å². The maximum atomic E-state index is 12.1. The number of anilines is 2. The zero-order chi connectivity index (χ0) is 19.2. The van der Waals surface area contributed by atoms with Crippen LogP contribution in [-0.2, 0) is 14.6 Å². The zero-order valence-electron chi connectivity index (χ0n) is 14.9. The van der Waals surface area contributed by atoms with E-state index in [0.717, 1.165) is 12.0 Å². The van der Waals surface area contributed by atoms with E-state index in [9.17, 15) is 13.2 Å². The molecule has 0 atom stereocenters. The second-order valence-electron chi connectivity index (χ2n) is 5.47. The molecular weight excluding hydrogens is 356 g/mol. The molecule has 0 aromatic heterocycles. The van der Waals surface area contributed by atoms with Crippen molar-refractivity contribution >= 4 is 27.1 Å². The van der Waals surface area contributed by atoms with Crippen LogP contribution in [0.1, 0.15) is 6.92 Å². The van der Waals surface area contributed by atoms with Crippen molar-refractivity contribution in [1.82, 2.24) is 0 Å². The summed E-state index contributed by atoms with van der Waals surface area (Å²) in [6, 6.07) is 11.8. The van der Waals surface area contributed by atoms with Crippen LogP contribution < -0.4 is 20.1 Å². The lowest BCUT2D eigenvalue weighted by atomic mass is 10.3. The summed E-state index contributed by atoms with van der Waals surface area (Å²) in [5.74, 6) is 0.638. The van der Waals surface area contributed by atoms with Gasteiger partial charge in [-0.3, -0.25) is 4.79 Å². The average Bonchev–Trinajstić information content (AvgIpc) is 2.60. The smallest absolute Gasteiger partial charge is 0.243 e. The highest BCUT2D eigenvalue weighted by Gasteiger charge is 2.19. The lowest BCUT2D eigenvalue weighted by Gasteiger charge is -2.14. The van der Waals surface area contributed by atoms with E-state index < -0.39 is 9.84 Å². The van der Waals surface area contributed by atoms with Crippen molar-refractivity contribution in [3.05, 3.63) is 42.5 Å². The number of carbonyl (C=O) groups excluding carboxylic acids is 1. The largest absolute Gasteiger partial charge is 0.495 e. The fourth-order valence-electron chi connectivity index (χ4n) is 2.38. The molecule has 2 rings (SSSR count). The van der Waals surface area contributed by atoms with Crippen molar-refractivity contribution in [2.75, 3.05) is 37.2 Å². The highest BCUT2D eigenvalue weighted by atomic mass is 32.2. The second-order valence-corrected chi connectivity index (χ2v) is 7.42. The molecule has 0 saturated carbocycles. The van der Waals surface area contributed by atoms with Gasteiger partial charge in [-0.1, -0.05) is 6.07 Å². The molecule has 0 aliphatic heterocycles. The summed E-state index contributed by atoms with van der Waals surface area (Å²) in [4.78, 5) is 12.2. The average molecular weight is 378 g/mol. The van der Waals surface area contributed by atoms with Crippen LogP contribution in [0.2, 0.25) is 0 Å². The fraction of sp³-hybridized carbons (Fsp3) is 0.278. The quantitative estimate of drug-likeness (QED) is 0.733. The van der Waals surface area contributed by atoms with Crippen LogP contribution in [0.15, 0.2) is 47.4 Å². The highest BCUT2D eigenvalue weighted by Crippen LogP contribution is 2.31. The van der Waals surface area contributed by atoms with Crippen molar-refractivity contribution in [1.29, 1.82) is 0 Å². The number of amides is 1. The topological polar surface area (TPSA) is 93.7 Å². The molecule has 0 fully saturated rings. The van der Waals surface area contributed by atoms with Crippen LogP contribution in [0.3, 0.4) is 0 Å². The Kier molecular flexibility index (Phi) is 6.46. The van der Waals surface area contributed by atoms with Gasteiger partial charge in [0.2, 0.25) is 5.91 Å². The zero-order valence-corrected chi connectivity index (χ0v) is 15.7. The monoisotopic (exact) mass is 378 g/mol. The Hall–Kier alpha value is -2.74. The van der Waals surface area contributed by atoms with E-state index in [-0.39, 0.29) is 23.1 Å². The number of methoxy groups -OCH3 is 1. The van der Waals surface area contributed by atoms with Crippen LogP contribution >= 0.6 is 0 Å². The predicted octanol–water partition coefficient (Wildman–Crippen LogP) is 2.55. The Balaban J connectivity index is 2.05. The first kappa shape index (κ1) is 19.6. The fourth-order valence-corrected chi connectivity index (χ4v) is 3.44. The Labute approximate surface area is 153 Å². The summed E-state index contributed by atoms with van der Waals surface area (Å²) in [6.45, 7) is 2.37. The van der Waals surface area contributed by atoms with E-state index in [1.54, 1.807) is 42.5 Å². The van der Waals surface area contributed by atoms with Gasteiger partial charge >= 0.3 is 0 Å². The molecule has 2 aromatic carbocycles. The SMILES string of the molecule is CCOc1ccc(NC(=O)CNc2cccc(OC)c2S(C)(=O)=O)cc1. The standard InChI is InChI=1S/C18H22N2O5S/c1-4-25-14-10-8-13(9-11-14)20-17(21)12-19-15-6-5-7-16(24-2)18(15)26(3,22)23/h5-11,19H,4,12H2,1-3H3,(H,20,21). The molecule has 0 aliphatic rings. The van der Waals surface area contributed by atoms with Gasteiger partial charge in [0.1, 0.15) is 16.4 Å². The molecule has 140 valence electrons. The number of sulfone groups is 1. The molecule has 0 radical (unpaired) electrons. The van der Waals surface area contributed by atoms with Gasteiger partial charge in [-0.25, -0.2) is 8.42 Å². The van der Waals surface area contributed by atoms with Gasteiger partial charge in [0, 0.05) is 11.9 Å². The molecule has 8 heteroatoms. The highest BCUT2D eigenvalue weighted by molar-refractivity contribution is 7.91. The van der Waals surface area contributed by atoms with E-state index in [1.807, 2.05) is 6.92 Å². The van der Waals surface area contributed by atoms with Gasteiger partial charge < -0.3 is 20.1 Å². The molecule has 2 aromatic rings. The first-order valence-electron chi connectivity index (χ1n) is 7.98. The number of rotatable bonds is 8. The van der Waals surface area contributed by atoms with Crippen molar-refractivity contribution in [2.45, 2.75) is 11.8 Å². The van der Waals surface area contributed by atoms with Gasteiger partial charge in [0.25, 0.3) is 0 Å². The number of ether oxygens (including phenoxy) is 2. The van der Waals surface area contributed by atoms with E-state index in [1.165, 1.54) is 7.11 Å². The van der Waals surface area contributed by atoms with Gasteiger partial charge in [-0.2, -0.15) is 0 Å². The van der Waals surface area contributed by atoms with Gasteiger partial charge in [-0.15, -0.1) is 0 Å². The minimum Gasteiger partial charge on any atom is -0.495 e. The molecule has 0 unspecified atom stereocenters. The molecule has 0 heterocycles. The van der Waals surface area contributed by atoms with E-state index >= 15 is 0 Å². The van der Waals surface area contributed by atoms with E-state index in [0.29, 0.717) is 18.0 Å². The van der Waals surface area contributed by atoms with Crippen LogP contribution in [0.25, 0.3) is 0 Å². The van der Waals surface area contributed by atoms with E-state index in [2.05, 4.69) is 10.6 Å². The van der Waals surface area contributed by atoms with Gasteiger partial charge in [0.15, 0.2) is 9.84 Å². The predicted molar refractivity (Wildman–Crippen MR) is 101 cm³/mol. The summed E-state index contributed by atoms with van der Waals surface area (Å²) in [7, 11) is -2.13. The van der Waals surface area contributed by atoms with Crippen molar-refractivity contribution in [3.8, 4) is 11.5 Å². The molecule has 1 amide bonds. The first-order valence-corrected chi connectivity index (χ1v) is 9.88. The molecule has 7 nitrogen and oxygen atoms in total. The number of nitrogens with one attached hydrogen (secondary N) is 2. The van der Waals surface area contributed by atoms with Gasteiger partial charge in [0.05, 0.1) is 25.9 Å². The third-order valence-electron chi connectivity index (χ3n) is 3.46.